The van der Waals surface area contributed by atoms with Gasteiger partial charge in [0, 0.05) is 6.42 Å². The topological polar surface area (TPSA) is 85.3 Å². The van der Waals surface area contributed by atoms with Crippen molar-refractivity contribution in [1.29, 1.82) is 0 Å². The van der Waals surface area contributed by atoms with Gasteiger partial charge in [0.2, 0.25) is 0 Å². The smallest absolute Gasteiger partial charge is 0.325 e. The molecule has 0 N–H and O–H groups in total. The van der Waals surface area contributed by atoms with E-state index in [4.69, 9.17) is 21.1 Å². The van der Waals surface area contributed by atoms with E-state index >= 15 is 0 Å². The van der Waals surface area contributed by atoms with Crippen molar-refractivity contribution in [3.8, 4) is 0 Å². The molecule has 0 aromatic heterocycles. The van der Waals surface area contributed by atoms with Crippen molar-refractivity contribution in [2.75, 3.05) is 18.2 Å². The molecule has 0 radical (unpaired) electrons. The number of hydrazone groups is 1. The number of benzene rings is 1. The van der Waals surface area contributed by atoms with E-state index < -0.39 is 23.7 Å². The van der Waals surface area contributed by atoms with Gasteiger partial charge in [-0.05, 0) is 32.9 Å². The first kappa shape index (κ1) is 20.8. The Morgan fingerprint density at radius 2 is 1.93 bits per heavy atom. The predicted octanol–water partition coefficient (Wildman–Crippen LogP) is 2.99. The molecule has 0 spiro atoms. The van der Waals surface area contributed by atoms with Crippen LogP contribution in [0.1, 0.15) is 37.6 Å². The lowest BCUT2D eigenvalue weighted by molar-refractivity contribution is -0.157. The third-order valence-corrected chi connectivity index (χ3v) is 4.29. The highest BCUT2D eigenvalue weighted by Crippen LogP contribution is 2.36. The maximum atomic E-state index is 13.7. The number of nitrogens with zero attached hydrogens (tertiary/aromatic N) is 2. The van der Waals surface area contributed by atoms with E-state index in [9.17, 15) is 18.8 Å². The second-order valence-electron chi connectivity index (χ2n) is 5.82. The van der Waals surface area contributed by atoms with Gasteiger partial charge in [0.1, 0.15) is 5.82 Å². The molecule has 0 saturated heterocycles. The Hall–Kier alpha value is -2.48. The molecule has 9 heteroatoms. The number of carbonyl (C=O) groups excluding carboxylic acids is 3. The van der Waals surface area contributed by atoms with Crippen LogP contribution >= 0.6 is 11.6 Å². The summed E-state index contributed by atoms with van der Waals surface area (Å²) in [7, 11) is 0. The summed E-state index contributed by atoms with van der Waals surface area (Å²) in [5.41, 5.74) is 0.323. The Kier molecular flexibility index (Phi) is 6.90. The first-order valence-corrected chi connectivity index (χ1v) is 8.87. The van der Waals surface area contributed by atoms with Crippen molar-refractivity contribution in [3.63, 3.8) is 0 Å². The summed E-state index contributed by atoms with van der Waals surface area (Å²) in [5, 5.41) is 5.33. The van der Waals surface area contributed by atoms with E-state index in [1.807, 2.05) is 0 Å². The highest BCUT2D eigenvalue weighted by molar-refractivity contribution is 6.35. The molecule has 27 heavy (non-hydrogen) atoms. The van der Waals surface area contributed by atoms with E-state index in [-0.39, 0.29) is 42.0 Å². The Balaban J connectivity index is 2.40. The molecule has 0 bridgehead atoms. The van der Waals surface area contributed by atoms with E-state index in [0.717, 1.165) is 12.3 Å². The SMILES string of the molecule is CCOC(=O)C(C=NN1c2ccc(F)c(Cl)c2C(=O)CC1C)C(=O)OCC. The quantitative estimate of drug-likeness (QED) is 0.416. The van der Waals surface area contributed by atoms with Crippen molar-refractivity contribution in [2.24, 2.45) is 11.0 Å². The monoisotopic (exact) mass is 398 g/mol. The summed E-state index contributed by atoms with van der Waals surface area (Å²) in [4.78, 5) is 36.4. The van der Waals surface area contributed by atoms with E-state index in [2.05, 4.69) is 5.10 Å². The van der Waals surface area contributed by atoms with Crippen LogP contribution in [0, 0.1) is 11.7 Å². The van der Waals surface area contributed by atoms with Crippen LogP contribution in [0.25, 0.3) is 0 Å². The average Bonchev–Trinajstić information content (AvgIpc) is 2.60. The number of fused-ring (bicyclic) bond motifs is 1. The maximum absolute atomic E-state index is 13.7. The van der Waals surface area contributed by atoms with Crippen LogP contribution in [0.15, 0.2) is 17.2 Å². The number of carbonyl (C=O) groups is 3. The number of ketones is 1. The van der Waals surface area contributed by atoms with Gasteiger partial charge >= 0.3 is 11.9 Å². The number of anilines is 1. The number of rotatable bonds is 6. The van der Waals surface area contributed by atoms with Crippen LogP contribution in [0.5, 0.6) is 0 Å². The van der Waals surface area contributed by atoms with Crippen LogP contribution in [0.4, 0.5) is 10.1 Å². The molecule has 1 aliphatic rings. The number of esters is 2. The minimum Gasteiger partial charge on any atom is -0.465 e. The predicted molar refractivity (Wildman–Crippen MR) is 97.5 cm³/mol. The summed E-state index contributed by atoms with van der Waals surface area (Å²) >= 11 is 5.94. The van der Waals surface area contributed by atoms with Gasteiger partial charge in [-0.25, -0.2) is 4.39 Å². The second-order valence-corrected chi connectivity index (χ2v) is 6.20. The standard InChI is InChI=1S/C18H20ClFN2O5/c1-4-26-17(24)11(18(25)27-5-2)9-21-22-10(3)8-14(23)15-13(22)7-6-12(20)16(15)19/h6-7,9-11H,4-5,8H2,1-3H3. The lowest BCUT2D eigenvalue weighted by atomic mass is 9.96. The van der Waals surface area contributed by atoms with Gasteiger partial charge in [-0.15, -0.1) is 0 Å². The molecule has 146 valence electrons. The fraction of sp³-hybridized carbons (Fsp3) is 0.444. The van der Waals surface area contributed by atoms with Crippen molar-refractivity contribution < 1.29 is 28.2 Å². The molecular formula is C18H20ClFN2O5. The summed E-state index contributed by atoms with van der Waals surface area (Å²) in [6.45, 7) is 5.15. The Morgan fingerprint density at radius 3 is 2.48 bits per heavy atom. The van der Waals surface area contributed by atoms with Gasteiger partial charge in [-0.2, -0.15) is 5.10 Å². The fourth-order valence-electron chi connectivity index (χ4n) is 2.69. The van der Waals surface area contributed by atoms with Gasteiger partial charge in [-0.1, -0.05) is 11.6 Å². The molecule has 0 amide bonds. The van der Waals surface area contributed by atoms with Gasteiger partial charge in [0.15, 0.2) is 11.7 Å². The van der Waals surface area contributed by atoms with Crippen molar-refractivity contribution in [2.45, 2.75) is 33.2 Å². The van der Waals surface area contributed by atoms with Crippen molar-refractivity contribution in [1.82, 2.24) is 0 Å². The highest BCUT2D eigenvalue weighted by atomic mass is 35.5. The summed E-state index contributed by atoms with van der Waals surface area (Å²) in [6, 6.07) is 2.13. The van der Waals surface area contributed by atoms with Gasteiger partial charge in [-0.3, -0.25) is 19.4 Å². The molecule has 1 heterocycles. The molecule has 0 fully saturated rings. The van der Waals surface area contributed by atoms with Crippen molar-refractivity contribution in [3.05, 3.63) is 28.5 Å². The van der Waals surface area contributed by atoms with Crippen LogP contribution < -0.4 is 5.01 Å². The Morgan fingerprint density at radius 1 is 1.33 bits per heavy atom. The lowest BCUT2D eigenvalue weighted by Crippen LogP contribution is -2.37. The fourth-order valence-corrected chi connectivity index (χ4v) is 2.95. The maximum Gasteiger partial charge on any atom is 0.325 e. The van der Waals surface area contributed by atoms with E-state index in [1.165, 1.54) is 11.1 Å². The summed E-state index contributed by atoms with van der Waals surface area (Å²) in [5.74, 6) is -3.95. The summed E-state index contributed by atoms with van der Waals surface area (Å²) < 4.78 is 23.5. The second kappa shape index (κ2) is 8.94. The third-order valence-electron chi connectivity index (χ3n) is 3.92. The third kappa shape index (κ3) is 4.44. The van der Waals surface area contributed by atoms with Crippen molar-refractivity contribution >= 4 is 41.2 Å². The first-order valence-electron chi connectivity index (χ1n) is 8.49. The zero-order chi connectivity index (χ0) is 20.1. The van der Waals surface area contributed by atoms with Crippen LogP contribution in [0.3, 0.4) is 0 Å². The van der Waals surface area contributed by atoms with Crippen LogP contribution in [-0.4, -0.2) is 43.2 Å². The Labute approximate surface area is 161 Å². The van der Waals surface area contributed by atoms with Crippen LogP contribution in [-0.2, 0) is 19.1 Å². The molecule has 1 aromatic rings. The number of hydrogen-bond donors (Lipinski definition) is 0. The highest BCUT2D eigenvalue weighted by Gasteiger charge is 2.33. The molecule has 0 saturated carbocycles. The zero-order valence-corrected chi connectivity index (χ0v) is 16.0. The minimum absolute atomic E-state index is 0.0238. The first-order chi connectivity index (χ1) is 12.8. The van der Waals surface area contributed by atoms with Gasteiger partial charge in [0.25, 0.3) is 0 Å². The van der Waals surface area contributed by atoms with Crippen LogP contribution in [0.2, 0.25) is 5.02 Å². The molecule has 2 rings (SSSR count). The van der Waals surface area contributed by atoms with Gasteiger partial charge < -0.3 is 9.47 Å². The molecule has 1 atom stereocenters. The number of ether oxygens (including phenoxy) is 2. The molecule has 0 aliphatic carbocycles. The zero-order valence-electron chi connectivity index (χ0n) is 15.2. The molecule has 7 nitrogen and oxygen atoms in total. The number of halogens is 2. The van der Waals surface area contributed by atoms with E-state index in [0.29, 0.717) is 5.69 Å². The summed E-state index contributed by atoms with van der Waals surface area (Å²) in [6.07, 6.45) is 1.15. The molecular weight excluding hydrogens is 379 g/mol. The lowest BCUT2D eigenvalue weighted by Gasteiger charge is -2.32. The molecule has 1 aliphatic heterocycles. The average molecular weight is 399 g/mol. The number of Topliss-reactive ketones (excluding diaryl/α,β-unsaturated/α-hetero) is 1. The number of hydrogen-bond acceptors (Lipinski definition) is 7. The van der Waals surface area contributed by atoms with Gasteiger partial charge in [0.05, 0.1) is 41.7 Å². The Bertz CT molecular complexity index is 765. The molecule has 1 aromatic carbocycles. The van der Waals surface area contributed by atoms with E-state index in [1.54, 1.807) is 20.8 Å². The minimum atomic E-state index is -1.35. The molecule has 1 unspecified atom stereocenters. The largest absolute Gasteiger partial charge is 0.465 e. The normalized spacial score (nSPS) is 16.6.